The highest BCUT2D eigenvalue weighted by Crippen LogP contribution is 2.35. The molecule has 0 atom stereocenters. The molecule has 0 N–H and O–H groups in total. The van der Waals surface area contributed by atoms with Crippen molar-refractivity contribution in [1.29, 1.82) is 10.5 Å². The van der Waals surface area contributed by atoms with Crippen LogP contribution in [-0.2, 0) is 0 Å². The molecule has 8 heteroatoms. The third-order valence-corrected chi connectivity index (χ3v) is 3.54. The van der Waals surface area contributed by atoms with Crippen molar-refractivity contribution in [2.45, 2.75) is 0 Å². The average Bonchev–Trinajstić information content (AvgIpc) is 2.92. The number of benzene rings is 1. The van der Waals surface area contributed by atoms with E-state index in [1.165, 1.54) is 0 Å². The van der Waals surface area contributed by atoms with Crippen LogP contribution in [0.15, 0.2) is 29.4 Å². The summed E-state index contributed by atoms with van der Waals surface area (Å²) in [4.78, 5) is 20.0. The number of fused-ring (bicyclic) bond motifs is 4. The monoisotopic (exact) mass is 308 g/mol. The molecule has 0 aliphatic heterocycles. The lowest BCUT2D eigenvalue weighted by Crippen LogP contribution is -2.05. The minimum Gasteiger partial charge on any atom is -0.223 e. The molecule has 3 aromatic rings. The van der Waals surface area contributed by atoms with Crippen LogP contribution in [0.3, 0.4) is 0 Å². The highest BCUT2D eigenvalue weighted by molar-refractivity contribution is 6.23. The van der Waals surface area contributed by atoms with E-state index in [1.807, 2.05) is 36.4 Å². The molecule has 0 spiro atoms. The fourth-order valence-electron chi connectivity index (χ4n) is 2.57. The van der Waals surface area contributed by atoms with Gasteiger partial charge in [0.05, 0.1) is 5.10 Å². The van der Waals surface area contributed by atoms with Crippen molar-refractivity contribution in [1.82, 2.24) is 19.9 Å². The van der Waals surface area contributed by atoms with Gasteiger partial charge in [0.15, 0.2) is 28.4 Å². The van der Waals surface area contributed by atoms with Crippen molar-refractivity contribution in [2.24, 2.45) is 5.10 Å². The molecule has 0 bridgehead atoms. The second kappa shape index (κ2) is 4.91. The van der Waals surface area contributed by atoms with Gasteiger partial charge >= 0.3 is 0 Å². The Kier molecular flexibility index (Phi) is 2.75. The van der Waals surface area contributed by atoms with E-state index in [-0.39, 0.29) is 22.7 Å². The molecule has 1 aromatic carbocycles. The standard InChI is InChI=1S/C16H4N8/c1-19-24-13-9-5-3-2-4-8(9)12-14(13)23-16-15(22-12)20-10(6-17)11(7-18)21-16/h2-5H/b24-13+. The van der Waals surface area contributed by atoms with Crippen LogP contribution in [0.1, 0.15) is 22.6 Å². The van der Waals surface area contributed by atoms with Crippen LogP contribution in [0.5, 0.6) is 0 Å². The molecule has 2 heterocycles. The normalized spacial score (nSPS) is 13.0. The first-order chi connectivity index (χ1) is 11.8. The van der Waals surface area contributed by atoms with Crippen molar-refractivity contribution in [3.8, 4) is 23.4 Å². The van der Waals surface area contributed by atoms with E-state index >= 15 is 0 Å². The lowest BCUT2D eigenvalue weighted by molar-refractivity contribution is 1.11. The van der Waals surface area contributed by atoms with E-state index in [4.69, 9.17) is 17.1 Å². The van der Waals surface area contributed by atoms with E-state index in [9.17, 15) is 0 Å². The summed E-state index contributed by atoms with van der Waals surface area (Å²) in [5.74, 6) is 0. The van der Waals surface area contributed by atoms with Gasteiger partial charge in [-0.25, -0.2) is 19.9 Å². The molecular weight excluding hydrogens is 304 g/mol. The fourth-order valence-corrected chi connectivity index (χ4v) is 2.57. The first-order valence-corrected chi connectivity index (χ1v) is 6.71. The topological polar surface area (TPSA) is 116 Å². The Morgan fingerprint density at radius 3 is 2.04 bits per heavy atom. The van der Waals surface area contributed by atoms with Crippen molar-refractivity contribution >= 4 is 17.0 Å². The highest BCUT2D eigenvalue weighted by Gasteiger charge is 2.31. The van der Waals surface area contributed by atoms with E-state index in [2.05, 4.69) is 30.0 Å². The predicted molar refractivity (Wildman–Crippen MR) is 82.2 cm³/mol. The zero-order chi connectivity index (χ0) is 16.7. The third-order valence-electron chi connectivity index (χ3n) is 3.54. The van der Waals surface area contributed by atoms with Crippen molar-refractivity contribution in [3.05, 3.63) is 58.4 Å². The van der Waals surface area contributed by atoms with Crippen molar-refractivity contribution in [2.75, 3.05) is 0 Å². The van der Waals surface area contributed by atoms with Gasteiger partial charge in [0.2, 0.25) is 0 Å². The van der Waals surface area contributed by atoms with Gasteiger partial charge < -0.3 is 0 Å². The smallest absolute Gasteiger partial charge is 0.199 e. The van der Waals surface area contributed by atoms with Gasteiger partial charge in [-0.3, -0.25) is 0 Å². The van der Waals surface area contributed by atoms with E-state index in [0.717, 1.165) is 11.1 Å². The Morgan fingerprint density at radius 1 is 0.875 bits per heavy atom. The number of hydrogen-bond acceptors (Lipinski definition) is 7. The molecule has 4 rings (SSSR count). The molecule has 0 radical (unpaired) electrons. The summed E-state index contributed by atoms with van der Waals surface area (Å²) in [6, 6.07) is 11.0. The first-order valence-electron chi connectivity index (χ1n) is 6.71. The maximum Gasteiger partial charge on any atom is 0.199 e. The SMILES string of the molecule is [C-]#[N+]/N=C1\c2ccccc2-c2nc3nc(C#N)c(C#N)nc3nc21. The molecule has 8 nitrogen and oxygen atoms in total. The van der Waals surface area contributed by atoms with Crippen LogP contribution >= 0.6 is 0 Å². The molecule has 1 aliphatic rings. The van der Waals surface area contributed by atoms with Crippen LogP contribution in [0.4, 0.5) is 0 Å². The summed E-state index contributed by atoms with van der Waals surface area (Å²) < 4.78 is 0. The number of rotatable bonds is 0. The Morgan fingerprint density at radius 2 is 1.46 bits per heavy atom. The lowest BCUT2D eigenvalue weighted by atomic mass is 10.1. The second-order valence-electron chi connectivity index (χ2n) is 4.81. The summed E-state index contributed by atoms with van der Waals surface area (Å²) in [5, 5.41) is 22.0. The van der Waals surface area contributed by atoms with Gasteiger partial charge in [-0.1, -0.05) is 24.3 Å². The zero-order valence-corrected chi connectivity index (χ0v) is 11.9. The van der Waals surface area contributed by atoms with E-state index in [0.29, 0.717) is 17.1 Å². The molecule has 0 saturated heterocycles. The third kappa shape index (κ3) is 1.73. The molecule has 24 heavy (non-hydrogen) atoms. The zero-order valence-electron chi connectivity index (χ0n) is 11.9. The van der Waals surface area contributed by atoms with Crippen LogP contribution in [-0.4, -0.2) is 25.6 Å². The minimum atomic E-state index is -0.113. The summed E-state index contributed by atoms with van der Waals surface area (Å²) >= 11 is 0. The van der Waals surface area contributed by atoms with Crippen LogP contribution in [0.25, 0.3) is 27.5 Å². The molecular formula is C16H4N8. The predicted octanol–water partition coefficient (Wildman–Crippen LogP) is 1.82. The van der Waals surface area contributed by atoms with Gasteiger partial charge in [-0.2, -0.15) is 17.1 Å². The minimum absolute atomic E-state index is 0.0967. The first kappa shape index (κ1) is 13.4. The van der Waals surface area contributed by atoms with E-state index < -0.39 is 0 Å². The maximum atomic E-state index is 9.07. The van der Waals surface area contributed by atoms with Crippen LogP contribution in [0.2, 0.25) is 0 Å². The van der Waals surface area contributed by atoms with Gasteiger partial charge in [-0.05, 0) is 0 Å². The quantitative estimate of drug-likeness (QED) is 0.361. The van der Waals surface area contributed by atoms with E-state index in [1.54, 1.807) is 0 Å². The average molecular weight is 308 g/mol. The van der Waals surface area contributed by atoms with Crippen molar-refractivity contribution < 1.29 is 0 Å². The molecule has 108 valence electrons. The summed E-state index contributed by atoms with van der Waals surface area (Å²) in [5.41, 5.74) is 2.99. The molecule has 0 fully saturated rings. The lowest BCUT2D eigenvalue weighted by Gasteiger charge is -2.02. The number of hydrogen-bond donors (Lipinski definition) is 0. The molecule has 0 saturated carbocycles. The Labute approximate surface area is 135 Å². The van der Waals surface area contributed by atoms with Crippen molar-refractivity contribution in [3.63, 3.8) is 0 Å². The van der Waals surface area contributed by atoms with Gasteiger partial charge in [0.1, 0.15) is 23.5 Å². The van der Waals surface area contributed by atoms with Gasteiger partial charge in [-0.15, -0.1) is 4.95 Å². The molecule has 0 amide bonds. The summed E-state index contributed by atoms with van der Waals surface area (Å²) in [7, 11) is 0. The Bertz CT molecular complexity index is 1190. The Hall–Kier alpha value is -4.22. The van der Waals surface area contributed by atoms with Gasteiger partial charge in [0.25, 0.3) is 0 Å². The number of nitrogens with zero attached hydrogens (tertiary/aromatic N) is 8. The van der Waals surface area contributed by atoms with Crippen LogP contribution < -0.4 is 0 Å². The summed E-state index contributed by atoms with van der Waals surface area (Å²) in [6.45, 7) is 7.01. The maximum absolute atomic E-state index is 9.07. The number of nitriles is 2. The molecule has 2 aromatic heterocycles. The molecule has 1 aliphatic carbocycles. The summed E-state index contributed by atoms with van der Waals surface area (Å²) in [6.07, 6.45) is 0. The van der Waals surface area contributed by atoms with Gasteiger partial charge in [0, 0.05) is 11.1 Å². The fraction of sp³-hybridized carbons (Fsp3) is 0. The largest absolute Gasteiger partial charge is 0.223 e. The number of aromatic nitrogens is 4. The highest BCUT2D eigenvalue weighted by atomic mass is 15.2. The Balaban J connectivity index is 2.11. The second-order valence-corrected chi connectivity index (χ2v) is 4.81. The molecule has 0 unspecified atom stereocenters. The van der Waals surface area contributed by atoms with Crippen LogP contribution in [0, 0.1) is 29.2 Å².